The Hall–Kier alpha value is -0.750. The minimum absolute atomic E-state index is 0.0428. The molecule has 0 saturated carbocycles. The van der Waals surface area contributed by atoms with Gasteiger partial charge in [0.2, 0.25) is 0 Å². The predicted octanol–water partition coefficient (Wildman–Crippen LogP) is 3.70. The molecule has 0 aliphatic carbocycles. The van der Waals surface area contributed by atoms with Gasteiger partial charge in [-0.3, -0.25) is 0 Å². The lowest BCUT2D eigenvalue weighted by Crippen LogP contribution is -2.10. The van der Waals surface area contributed by atoms with Gasteiger partial charge in [0.15, 0.2) is 0 Å². The summed E-state index contributed by atoms with van der Waals surface area (Å²) in [4.78, 5) is 15.1. The van der Waals surface area contributed by atoms with Gasteiger partial charge in [-0.25, -0.2) is 18.6 Å². The SMILES string of the molecule is CCOC(=O)c1cc(CCl)c(C(F)F)c(Br)n1. The van der Waals surface area contributed by atoms with Gasteiger partial charge < -0.3 is 4.74 Å². The molecule has 94 valence electrons. The Bertz CT molecular complexity index is 429. The molecule has 0 spiro atoms. The van der Waals surface area contributed by atoms with Crippen molar-refractivity contribution in [2.24, 2.45) is 0 Å². The van der Waals surface area contributed by atoms with Gasteiger partial charge >= 0.3 is 5.97 Å². The van der Waals surface area contributed by atoms with Crippen molar-refractivity contribution in [3.63, 3.8) is 0 Å². The molecule has 0 radical (unpaired) electrons. The van der Waals surface area contributed by atoms with E-state index in [0.717, 1.165) is 0 Å². The van der Waals surface area contributed by atoms with Gasteiger partial charge in [-0.05, 0) is 34.5 Å². The number of rotatable bonds is 4. The Kier molecular flexibility index (Phi) is 5.27. The second-order valence-corrected chi connectivity index (χ2v) is 4.04. The third kappa shape index (κ3) is 3.35. The number of nitrogens with zero attached hydrogens (tertiary/aromatic N) is 1. The van der Waals surface area contributed by atoms with Gasteiger partial charge in [-0.1, -0.05) is 0 Å². The van der Waals surface area contributed by atoms with Crippen LogP contribution in [0, 0.1) is 0 Å². The fourth-order valence-electron chi connectivity index (χ4n) is 1.22. The molecule has 0 amide bonds. The van der Waals surface area contributed by atoms with Crippen molar-refractivity contribution in [1.29, 1.82) is 0 Å². The molecule has 0 atom stereocenters. The van der Waals surface area contributed by atoms with Crippen molar-refractivity contribution in [2.75, 3.05) is 6.61 Å². The summed E-state index contributed by atoms with van der Waals surface area (Å²) in [6, 6.07) is 1.22. The van der Waals surface area contributed by atoms with Crippen LogP contribution in [0.1, 0.15) is 35.0 Å². The van der Waals surface area contributed by atoms with Crippen molar-refractivity contribution in [3.05, 3.63) is 27.5 Å². The number of hydrogen-bond donors (Lipinski definition) is 0. The third-order valence-corrected chi connectivity index (χ3v) is 2.84. The number of esters is 1. The zero-order valence-corrected chi connectivity index (χ0v) is 11.2. The number of ether oxygens (including phenoxy) is 1. The quantitative estimate of drug-likeness (QED) is 0.481. The lowest BCUT2D eigenvalue weighted by molar-refractivity contribution is 0.0518. The number of halogens is 4. The van der Waals surface area contributed by atoms with Gasteiger partial charge in [0.25, 0.3) is 6.43 Å². The second-order valence-electron chi connectivity index (χ2n) is 3.03. The third-order valence-electron chi connectivity index (χ3n) is 1.94. The second kappa shape index (κ2) is 6.26. The number of hydrogen-bond acceptors (Lipinski definition) is 3. The molecule has 1 aromatic heterocycles. The Balaban J connectivity index is 3.22. The molecule has 3 nitrogen and oxygen atoms in total. The molecule has 1 rings (SSSR count). The van der Waals surface area contributed by atoms with Crippen molar-refractivity contribution in [2.45, 2.75) is 19.2 Å². The summed E-state index contributed by atoms with van der Waals surface area (Å²) in [6.07, 6.45) is -2.71. The average Bonchev–Trinajstić information content (AvgIpc) is 2.27. The van der Waals surface area contributed by atoms with E-state index in [9.17, 15) is 13.6 Å². The maximum absolute atomic E-state index is 12.7. The summed E-state index contributed by atoms with van der Waals surface area (Å²) in [7, 11) is 0. The summed E-state index contributed by atoms with van der Waals surface area (Å²) < 4.78 is 30.1. The lowest BCUT2D eigenvalue weighted by Gasteiger charge is -2.10. The Morgan fingerprint density at radius 3 is 2.76 bits per heavy atom. The van der Waals surface area contributed by atoms with Crippen molar-refractivity contribution in [3.8, 4) is 0 Å². The van der Waals surface area contributed by atoms with Crippen LogP contribution in [0.4, 0.5) is 8.78 Å². The van der Waals surface area contributed by atoms with E-state index in [-0.39, 0.29) is 33.9 Å². The number of pyridine rings is 1. The van der Waals surface area contributed by atoms with Gasteiger partial charge in [-0.15, -0.1) is 11.6 Å². The fraction of sp³-hybridized carbons (Fsp3) is 0.400. The summed E-state index contributed by atoms with van der Waals surface area (Å²) in [5.74, 6) is -0.798. The maximum atomic E-state index is 12.7. The maximum Gasteiger partial charge on any atom is 0.356 e. The monoisotopic (exact) mass is 327 g/mol. The summed E-state index contributed by atoms with van der Waals surface area (Å²) in [5, 5.41) is 0. The molecule has 1 heterocycles. The highest BCUT2D eigenvalue weighted by molar-refractivity contribution is 9.10. The molecule has 0 aliphatic rings. The minimum atomic E-state index is -2.71. The largest absolute Gasteiger partial charge is 0.461 e. The molecular weight excluding hydrogens is 319 g/mol. The van der Waals surface area contributed by atoms with E-state index >= 15 is 0 Å². The minimum Gasteiger partial charge on any atom is -0.461 e. The molecule has 1 aromatic rings. The molecule has 0 aromatic carbocycles. The lowest BCUT2D eigenvalue weighted by atomic mass is 10.1. The van der Waals surface area contributed by atoms with Crippen molar-refractivity contribution in [1.82, 2.24) is 4.98 Å². The number of aromatic nitrogens is 1. The highest BCUT2D eigenvalue weighted by Gasteiger charge is 2.21. The van der Waals surface area contributed by atoms with E-state index in [1.807, 2.05) is 0 Å². The first-order chi connectivity index (χ1) is 8.01. The van der Waals surface area contributed by atoms with Crippen LogP contribution in [-0.2, 0) is 10.6 Å². The number of carbonyl (C=O) groups excluding carboxylic acids is 1. The van der Waals surface area contributed by atoms with Gasteiger partial charge in [0.1, 0.15) is 10.3 Å². The smallest absolute Gasteiger partial charge is 0.356 e. The molecule has 0 fully saturated rings. The van der Waals surface area contributed by atoms with Crippen molar-refractivity contribution >= 4 is 33.5 Å². The van der Waals surface area contributed by atoms with Crippen molar-refractivity contribution < 1.29 is 18.3 Å². The summed E-state index contributed by atoms with van der Waals surface area (Å²) in [6.45, 7) is 1.83. The number of alkyl halides is 3. The van der Waals surface area contributed by atoms with E-state index in [1.54, 1.807) is 6.92 Å². The highest BCUT2D eigenvalue weighted by atomic mass is 79.9. The molecule has 0 aliphatic heterocycles. The Morgan fingerprint density at radius 2 is 2.29 bits per heavy atom. The Morgan fingerprint density at radius 1 is 1.65 bits per heavy atom. The first kappa shape index (κ1) is 14.3. The van der Waals surface area contributed by atoms with Gasteiger partial charge in [-0.2, -0.15) is 0 Å². The molecule has 0 N–H and O–H groups in total. The average molecular weight is 329 g/mol. The standard InChI is InChI=1S/C10H9BrClF2NO2/c1-2-17-10(16)6-3-5(4-12)7(9(13)14)8(11)15-6/h3,9H,2,4H2,1H3. The first-order valence-electron chi connectivity index (χ1n) is 4.71. The molecule has 7 heteroatoms. The summed E-state index contributed by atoms with van der Waals surface area (Å²) in [5.41, 5.74) is -0.182. The van der Waals surface area contributed by atoms with Crippen LogP contribution < -0.4 is 0 Å². The van der Waals surface area contributed by atoms with E-state index < -0.39 is 12.4 Å². The van der Waals surface area contributed by atoms with Gasteiger partial charge in [0, 0.05) is 5.88 Å². The zero-order valence-electron chi connectivity index (χ0n) is 8.84. The highest BCUT2D eigenvalue weighted by Crippen LogP contribution is 2.31. The Labute approximate surface area is 110 Å². The normalized spacial score (nSPS) is 10.7. The van der Waals surface area contributed by atoms with Crippen LogP contribution in [-0.4, -0.2) is 17.6 Å². The first-order valence-corrected chi connectivity index (χ1v) is 6.04. The fourth-order valence-corrected chi connectivity index (χ4v) is 2.06. The molecule has 0 unspecified atom stereocenters. The molecular formula is C10H9BrClF2NO2. The van der Waals surface area contributed by atoms with Crippen LogP contribution in [0.5, 0.6) is 0 Å². The molecule has 0 bridgehead atoms. The topological polar surface area (TPSA) is 39.2 Å². The molecule has 17 heavy (non-hydrogen) atoms. The van der Waals surface area contributed by atoms with Crippen LogP contribution in [0.3, 0.4) is 0 Å². The van der Waals surface area contributed by atoms with Crippen LogP contribution in [0.2, 0.25) is 0 Å². The van der Waals surface area contributed by atoms with E-state index in [2.05, 4.69) is 20.9 Å². The van der Waals surface area contributed by atoms with E-state index in [4.69, 9.17) is 16.3 Å². The van der Waals surface area contributed by atoms with Crippen LogP contribution in [0.15, 0.2) is 10.7 Å². The van der Waals surface area contributed by atoms with E-state index in [1.165, 1.54) is 6.07 Å². The van der Waals surface area contributed by atoms with Crippen LogP contribution in [0.25, 0.3) is 0 Å². The van der Waals surface area contributed by atoms with E-state index in [0.29, 0.717) is 0 Å². The predicted molar refractivity (Wildman–Crippen MR) is 62.4 cm³/mol. The van der Waals surface area contributed by atoms with Crippen LogP contribution >= 0.6 is 27.5 Å². The molecule has 0 saturated heterocycles. The van der Waals surface area contributed by atoms with Gasteiger partial charge in [0.05, 0.1) is 12.2 Å². The zero-order chi connectivity index (χ0) is 13.0. The summed E-state index contributed by atoms with van der Waals surface area (Å²) >= 11 is 8.47. The number of carbonyl (C=O) groups is 1.